The van der Waals surface area contributed by atoms with Crippen LogP contribution in [0.15, 0.2) is 24.3 Å². The summed E-state index contributed by atoms with van der Waals surface area (Å²) in [6.07, 6.45) is 2.65. The minimum absolute atomic E-state index is 0.0497. The molecule has 0 heterocycles. The van der Waals surface area contributed by atoms with Crippen LogP contribution >= 0.6 is 11.6 Å². The number of ketones is 1. The highest BCUT2D eigenvalue weighted by Gasteiger charge is 2.34. The molecule has 1 fully saturated rings. The summed E-state index contributed by atoms with van der Waals surface area (Å²) in [5.74, 6) is -1.27. The van der Waals surface area contributed by atoms with Crippen LogP contribution in [0.2, 0.25) is 5.02 Å². The summed E-state index contributed by atoms with van der Waals surface area (Å²) in [6.45, 7) is 0. The molecule has 2 atom stereocenters. The maximum Gasteiger partial charge on any atom is 0.306 e. The SMILES string of the molecule is O=C(CC1CCCC1C(=O)O)c1ccccc1Cl. The van der Waals surface area contributed by atoms with E-state index in [4.69, 9.17) is 16.7 Å². The molecule has 0 aliphatic heterocycles. The third kappa shape index (κ3) is 2.72. The average Bonchev–Trinajstić information content (AvgIpc) is 2.77. The normalized spacial score (nSPS) is 22.9. The number of halogens is 1. The van der Waals surface area contributed by atoms with Gasteiger partial charge in [-0.15, -0.1) is 0 Å². The first-order chi connectivity index (χ1) is 8.59. The van der Waals surface area contributed by atoms with E-state index in [0.29, 0.717) is 17.0 Å². The first-order valence-electron chi connectivity index (χ1n) is 6.10. The molecule has 1 aliphatic carbocycles. The number of carbonyl (C=O) groups excluding carboxylic acids is 1. The van der Waals surface area contributed by atoms with Gasteiger partial charge in [0.15, 0.2) is 5.78 Å². The second kappa shape index (κ2) is 5.53. The van der Waals surface area contributed by atoms with Crippen molar-refractivity contribution in [3.8, 4) is 0 Å². The van der Waals surface area contributed by atoms with Crippen LogP contribution in [0.5, 0.6) is 0 Å². The van der Waals surface area contributed by atoms with Gasteiger partial charge in [0, 0.05) is 12.0 Å². The Hall–Kier alpha value is -1.35. The fourth-order valence-corrected chi connectivity index (χ4v) is 2.88. The van der Waals surface area contributed by atoms with Gasteiger partial charge in [0.1, 0.15) is 0 Å². The molecule has 1 saturated carbocycles. The van der Waals surface area contributed by atoms with Gasteiger partial charge in [-0.3, -0.25) is 9.59 Å². The second-order valence-corrected chi connectivity index (χ2v) is 5.15. The Morgan fingerprint density at radius 3 is 2.67 bits per heavy atom. The number of carboxylic acid groups (broad SMARTS) is 1. The predicted molar refractivity (Wildman–Crippen MR) is 68.9 cm³/mol. The van der Waals surface area contributed by atoms with Gasteiger partial charge >= 0.3 is 5.97 Å². The van der Waals surface area contributed by atoms with E-state index in [9.17, 15) is 9.59 Å². The van der Waals surface area contributed by atoms with Gasteiger partial charge in [0.2, 0.25) is 0 Å². The number of Topliss-reactive ketones (excluding diaryl/α,β-unsaturated/α-hetero) is 1. The van der Waals surface area contributed by atoms with Crippen LogP contribution in [0.3, 0.4) is 0 Å². The molecule has 1 N–H and O–H groups in total. The van der Waals surface area contributed by atoms with Crippen molar-refractivity contribution in [2.45, 2.75) is 25.7 Å². The minimum Gasteiger partial charge on any atom is -0.481 e. The molecule has 3 nitrogen and oxygen atoms in total. The molecule has 0 amide bonds. The van der Waals surface area contributed by atoms with E-state index in [2.05, 4.69) is 0 Å². The molecule has 0 aromatic heterocycles. The molecular formula is C14H15ClO3. The van der Waals surface area contributed by atoms with Crippen molar-refractivity contribution in [3.63, 3.8) is 0 Å². The maximum absolute atomic E-state index is 12.1. The van der Waals surface area contributed by atoms with Crippen molar-refractivity contribution in [2.75, 3.05) is 0 Å². The molecule has 2 unspecified atom stereocenters. The van der Waals surface area contributed by atoms with Crippen LogP contribution in [0, 0.1) is 11.8 Å². The summed E-state index contributed by atoms with van der Waals surface area (Å²) < 4.78 is 0. The smallest absolute Gasteiger partial charge is 0.306 e. The zero-order chi connectivity index (χ0) is 13.1. The summed E-state index contributed by atoms with van der Waals surface area (Å²) in [7, 11) is 0. The molecule has 1 aromatic rings. The quantitative estimate of drug-likeness (QED) is 0.850. The van der Waals surface area contributed by atoms with Crippen LogP contribution in [0.4, 0.5) is 0 Å². The third-order valence-corrected chi connectivity index (χ3v) is 3.93. The topological polar surface area (TPSA) is 54.4 Å². The van der Waals surface area contributed by atoms with E-state index in [1.807, 2.05) is 0 Å². The van der Waals surface area contributed by atoms with Crippen LogP contribution < -0.4 is 0 Å². The number of hydrogen-bond donors (Lipinski definition) is 1. The van der Waals surface area contributed by atoms with E-state index in [1.54, 1.807) is 24.3 Å². The summed E-state index contributed by atoms with van der Waals surface area (Å²) in [4.78, 5) is 23.2. The fraction of sp³-hybridized carbons (Fsp3) is 0.429. The lowest BCUT2D eigenvalue weighted by atomic mass is 9.89. The summed E-state index contributed by atoms with van der Waals surface area (Å²) in [6, 6.07) is 6.91. The average molecular weight is 267 g/mol. The number of carbonyl (C=O) groups is 2. The number of hydrogen-bond acceptors (Lipinski definition) is 2. The summed E-state index contributed by atoms with van der Waals surface area (Å²) in [5.41, 5.74) is 0.496. The monoisotopic (exact) mass is 266 g/mol. The van der Waals surface area contributed by atoms with Crippen molar-refractivity contribution in [1.29, 1.82) is 0 Å². The third-order valence-electron chi connectivity index (χ3n) is 3.60. The van der Waals surface area contributed by atoms with Gasteiger partial charge in [0.05, 0.1) is 10.9 Å². The van der Waals surface area contributed by atoms with Gasteiger partial charge < -0.3 is 5.11 Å². The number of aliphatic carboxylic acids is 1. The summed E-state index contributed by atoms with van der Waals surface area (Å²) in [5, 5.41) is 9.52. The van der Waals surface area contributed by atoms with Crippen molar-refractivity contribution in [3.05, 3.63) is 34.9 Å². The van der Waals surface area contributed by atoms with Gasteiger partial charge in [-0.1, -0.05) is 30.2 Å². The Morgan fingerprint density at radius 2 is 2.00 bits per heavy atom. The Balaban J connectivity index is 2.08. The van der Waals surface area contributed by atoms with E-state index in [1.165, 1.54) is 0 Å². The molecular weight excluding hydrogens is 252 g/mol. The van der Waals surface area contributed by atoms with E-state index in [-0.39, 0.29) is 24.0 Å². The zero-order valence-corrected chi connectivity index (χ0v) is 10.7. The highest BCUT2D eigenvalue weighted by Crippen LogP contribution is 2.35. The molecule has 96 valence electrons. The molecule has 2 rings (SSSR count). The molecule has 0 spiro atoms. The van der Waals surface area contributed by atoms with Crippen molar-refractivity contribution in [1.82, 2.24) is 0 Å². The molecule has 0 bridgehead atoms. The molecule has 1 aromatic carbocycles. The molecule has 0 saturated heterocycles. The zero-order valence-electron chi connectivity index (χ0n) is 9.93. The van der Waals surface area contributed by atoms with E-state index >= 15 is 0 Å². The molecule has 0 radical (unpaired) electrons. The van der Waals surface area contributed by atoms with Gasteiger partial charge in [0.25, 0.3) is 0 Å². The molecule has 4 heteroatoms. The van der Waals surface area contributed by atoms with Gasteiger partial charge in [-0.25, -0.2) is 0 Å². The minimum atomic E-state index is -0.788. The lowest BCUT2D eigenvalue weighted by Gasteiger charge is -2.15. The van der Waals surface area contributed by atoms with Crippen LogP contribution in [-0.2, 0) is 4.79 Å². The van der Waals surface area contributed by atoms with Crippen molar-refractivity contribution in [2.24, 2.45) is 11.8 Å². The lowest BCUT2D eigenvalue weighted by Crippen LogP contribution is -2.21. The van der Waals surface area contributed by atoms with Crippen LogP contribution in [0.25, 0.3) is 0 Å². The standard InChI is InChI=1S/C14H15ClO3/c15-12-7-2-1-5-11(12)13(16)8-9-4-3-6-10(9)14(17)18/h1-2,5,7,9-10H,3-4,6,8H2,(H,17,18). The maximum atomic E-state index is 12.1. The van der Waals surface area contributed by atoms with Crippen LogP contribution in [-0.4, -0.2) is 16.9 Å². The van der Waals surface area contributed by atoms with E-state index < -0.39 is 5.97 Å². The van der Waals surface area contributed by atoms with Crippen molar-refractivity contribution >= 4 is 23.4 Å². The number of benzene rings is 1. The number of rotatable bonds is 4. The van der Waals surface area contributed by atoms with Gasteiger partial charge in [-0.05, 0) is 30.9 Å². The fourth-order valence-electron chi connectivity index (χ4n) is 2.64. The highest BCUT2D eigenvalue weighted by atomic mass is 35.5. The lowest BCUT2D eigenvalue weighted by molar-refractivity contribution is -0.142. The second-order valence-electron chi connectivity index (χ2n) is 4.74. The predicted octanol–water partition coefficient (Wildman–Crippen LogP) is 3.41. The Labute approximate surface area is 111 Å². The number of carboxylic acids is 1. The first kappa shape index (κ1) is 13.1. The highest BCUT2D eigenvalue weighted by molar-refractivity contribution is 6.33. The largest absolute Gasteiger partial charge is 0.481 e. The molecule has 1 aliphatic rings. The summed E-state index contributed by atoms with van der Waals surface area (Å²) >= 11 is 5.97. The Bertz CT molecular complexity index is 470. The van der Waals surface area contributed by atoms with Crippen molar-refractivity contribution < 1.29 is 14.7 Å². The van der Waals surface area contributed by atoms with Gasteiger partial charge in [-0.2, -0.15) is 0 Å². The molecule has 18 heavy (non-hydrogen) atoms. The Kier molecular flexibility index (Phi) is 4.02. The van der Waals surface area contributed by atoms with E-state index in [0.717, 1.165) is 12.8 Å². The Morgan fingerprint density at radius 1 is 1.28 bits per heavy atom. The van der Waals surface area contributed by atoms with Crippen LogP contribution in [0.1, 0.15) is 36.0 Å². The first-order valence-corrected chi connectivity index (χ1v) is 6.48.